The number of pyridine rings is 2. The average Bonchev–Trinajstić information content (AvgIpc) is 3.19. The molecule has 146 valence electrons. The summed E-state index contributed by atoms with van der Waals surface area (Å²) in [5.74, 6) is 0. The Labute approximate surface area is 165 Å². The molecule has 0 radical (unpaired) electrons. The van der Waals surface area contributed by atoms with Gasteiger partial charge in [0, 0.05) is 28.1 Å². The summed E-state index contributed by atoms with van der Waals surface area (Å²) in [7, 11) is 0. The SMILES string of the molecule is Cc1cnc2c(cnn2CC(C)(C)c2c(C)ncc3[nH]ncc23)c1C(C)(C)C. The normalized spacial score (nSPS) is 13.0. The molecule has 0 amide bonds. The fourth-order valence-corrected chi connectivity index (χ4v) is 4.56. The summed E-state index contributed by atoms with van der Waals surface area (Å²) in [5, 5.41) is 14.2. The van der Waals surface area contributed by atoms with Crippen molar-refractivity contribution in [2.24, 2.45) is 0 Å². The Morgan fingerprint density at radius 3 is 2.36 bits per heavy atom. The third kappa shape index (κ3) is 2.87. The van der Waals surface area contributed by atoms with Gasteiger partial charge >= 0.3 is 0 Å². The Morgan fingerprint density at radius 1 is 0.893 bits per heavy atom. The summed E-state index contributed by atoms with van der Waals surface area (Å²) in [5.41, 5.74) is 6.50. The Balaban J connectivity index is 1.84. The van der Waals surface area contributed by atoms with Crippen molar-refractivity contribution in [3.05, 3.63) is 47.2 Å². The molecule has 4 aromatic heterocycles. The number of rotatable bonds is 3. The van der Waals surface area contributed by atoms with Crippen LogP contribution in [0.25, 0.3) is 21.9 Å². The van der Waals surface area contributed by atoms with Crippen LogP contribution in [0.1, 0.15) is 57.0 Å². The summed E-state index contributed by atoms with van der Waals surface area (Å²) in [4.78, 5) is 9.31. The zero-order valence-corrected chi connectivity index (χ0v) is 17.8. The van der Waals surface area contributed by atoms with Crippen molar-refractivity contribution in [3.8, 4) is 0 Å². The van der Waals surface area contributed by atoms with Crippen molar-refractivity contribution < 1.29 is 0 Å². The minimum absolute atomic E-state index is 0.0392. The van der Waals surface area contributed by atoms with Crippen LogP contribution in [0.5, 0.6) is 0 Å². The smallest absolute Gasteiger partial charge is 0.158 e. The third-order valence-electron chi connectivity index (χ3n) is 5.51. The predicted molar refractivity (Wildman–Crippen MR) is 113 cm³/mol. The number of fused-ring (bicyclic) bond motifs is 2. The van der Waals surface area contributed by atoms with Crippen molar-refractivity contribution >= 4 is 21.9 Å². The maximum absolute atomic E-state index is 4.73. The Hall–Kier alpha value is -2.76. The van der Waals surface area contributed by atoms with Gasteiger partial charge in [-0.15, -0.1) is 0 Å². The largest absolute Gasteiger partial charge is 0.276 e. The molecule has 28 heavy (non-hydrogen) atoms. The number of aromatic amines is 1. The summed E-state index contributed by atoms with van der Waals surface area (Å²) in [6.07, 6.45) is 7.68. The molecule has 4 rings (SSSR count). The maximum atomic E-state index is 4.73. The van der Waals surface area contributed by atoms with Crippen molar-refractivity contribution in [1.82, 2.24) is 29.9 Å². The first-order chi connectivity index (χ1) is 13.1. The minimum Gasteiger partial charge on any atom is -0.276 e. The van der Waals surface area contributed by atoms with Crippen LogP contribution >= 0.6 is 0 Å². The Kier molecular flexibility index (Phi) is 4.07. The van der Waals surface area contributed by atoms with E-state index >= 15 is 0 Å². The molecule has 0 atom stereocenters. The van der Waals surface area contributed by atoms with E-state index in [2.05, 4.69) is 63.6 Å². The minimum atomic E-state index is -0.187. The number of aryl methyl sites for hydroxylation is 2. The first-order valence-corrected chi connectivity index (χ1v) is 9.70. The molecule has 6 nitrogen and oxygen atoms in total. The molecule has 0 aromatic carbocycles. The third-order valence-corrected chi connectivity index (χ3v) is 5.51. The van der Waals surface area contributed by atoms with Crippen LogP contribution in [0, 0.1) is 13.8 Å². The summed E-state index contributed by atoms with van der Waals surface area (Å²) < 4.78 is 2.03. The van der Waals surface area contributed by atoms with Crippen LogP contribution in [0.15, 0.2) is 24.8 Å². The lowest BCUT2D eigenvalue weighted by atomic mass is 9.81. The van der Waals surface area contributed by atoms with E-state index in [1.165, 1.54) is 16.7 Å². The molecule has 1 N–H and O–H groups in total. The summed E-state index contributed by atoms with van der Waals surface area (Å²) in [6, 6.07) is 0. The first kappa shape index (κ1) is 18.6. The second kappa shape index (κ2) is 6.12. The van der Waals surface area contributed by atoms with Gasteiger partial charge in [0.2, 0.25) is 0 Å². The molecule has 0 bridgehead atoms. The van der Waals surface area contributed by atoms with Gasteiger partial charge in [-0.05, 0) is 36.0 Å². The molecule has 0 spiro atoms. The standard InChI is InChI=1S/C22H28N6/c1-13-8-24-20-16(18(13)21(3,4)5)10-26-28(20)12-22(6,7)19-14(2)23-11-17-15(19)9-25-27-17/h8-11H,12H2,1-7H3,(H,25,27). The van der Waals surface area contributed by atoms with Gasteiger partial charge in [0.25, 0.3) is 0 Å². The van der Waals surface area contributed by atoms with E-state index < -0.39 is 0 Å². The van der Waals surface area contributed by atoms with E-state index in [9.17, 15) is 0 Å². The molecular formula is C22H28N6. The second-order valence-electron chi connectivity index (χ2n) is 9.41. The number of H-pyrrole nitrogens is 1. The van der Waals surface area contributed by atoms with E-state index in [1.54, 1.807) is 0 Å². The lowest BCUT2D eigenvalue weighted by Gasteiger charge is -2.27. The highest BCUT2D eigenvalue weighted by Gasteiger charge is 2.29. The molecule has 0 aliphatic carbocycles. The van der Waals surface area contributed by atoms with Gasteiger partial charge in [-0.3, -0.25) is 10.1 Å². The zero-order chi connectivity index (χ0) is 20.3. The quantitative estimate of drug-likeness (QED) is 0.567. The fourth-order valence-electron chi connectivity index (χ4n) is 4.56. The first-order valence-electron chi connectivity index (χ1n) is 9.70. The van der Waals surface area contributed by atoms with Gasteiger partial charge in [0.05, 0.1) is 30.7 Å². The molecule has 6 heteroatoms. The number of hydrogen-bond acceptors (Lipinski definition) is 4. The predicted octanol–water partition coefficient (Wildman–Crippen LogP) is 4.59. The molecule has 0 saturated heterocycles. The molecule has 0 fully saturated rings. The van der Waals surface area contributed by atoms with Gasteiger partial charge in [0.1, 0.15) is 0 Å². The van der Waals surface area contributed by atoms with E-state index in [0.717, 1.165) is 27.6 Å². The number of nitrogens with one attached hydrogen (secondary N) is 1. The number of nitrogens with zero attached hydrogens (tertiary/aromatic N) is 5. The monoisotopic (exact) mass is 376 g/mol. The van der Waals surface area contributed by atoms with Gasteiger partial charge in [-0.1, -0.05) is 34.6 Å². The highest BCUT2D eigenvalue weighted by Crippen LogP contribution is 2.35. The van der Waals surface area contributed by atoms with E-state index in [1.807, 2.05) is 29.5 Å². The maximum Gasteiger partial charge on any atom is 0.158 e. The lowest BCUT2D eigenvalue weighted by Crippen LogP contribution is -2.27. The van der Waals surface area contributed by atoms with E-state index in [0.29, 0.717) is 6.54 Å². The van der Waals surface area contributed by atoms with Gasteiger partial charge < -0.3 is 0 Å². The molecule has 4 aromatic rings. The van der Waals surface area contributed by atoms with Crippen molar-refractivity contribution in [3.63, 3.8) is 0 Å². The fraction of sp³-hybridized carbons (Fsp3) is 0.455. The summed E-state index contributed by atoms with van der Waals surface area (Å²) >= 11 is 0. The number of hydrogen-bond donors (Lipinski definition) is 1. The molecule has 0 unspecified atom stereocenters. The topological polar surface area (TPSA) is 72.3 Å². The van der Waals surface area contributed by atoms with Crippen LogP contribution in [0.2, 0.25) is 0 Å². The summed E-state index contributed by atoms with van der Waals surface area (Å²) in [6.45, 7) is 16.1. The van der Waals surface area contributed by atoms with Gasteiger partial charge in [-0.2, -0.15) is 10.2 Å². The highest BCUT2D eigenvalue weighted by atomic mass is 15.3. The second-order valence-corrected chi connectivity index (χ2v) is 9.41. The van der Waals surface area contributed by atoms with Crippen molar-refractivity contribution in [2.45, 2.75) is 65.8 Å². The van der Waals surface area contributed by atoms with Crippen LogP contribution in [-0.2, 0) is 17.4 Å². The van der Waals surface area contributed by atoms with Crippen LogP contribution in [-0.4, -0.2) is 29.9 Å². The molecule has 4 heterocycles. The zero-order valence-electron chi connectivity index (χ0n) is 17.8. The molecular weight excluding hydrogens is 348 g/mol. The Bertz CT molecular complexity index is 1170. The van der Waals surface area contributed by atoms with Crippen molar-refractivity contribution in [2.75, 3.05) is 0 Å². The molecule has 0 aliphatic rings. The lowest BCUT2D eigenvalue weighted by molar-refractivity contribution is 0.415. The van der Waals surface area contributed by atoms with Crippen LogP contribution in [0.4, 0.5) is 0 Å². The average molecular weight is 377 g/mol. The molecule has 0 aliphatic heterocycles. The molecule has 0 saturated carbocycles. The van der Waals surface area contributed by atoms with Crippen LogP contribution < -0.4 is 0 Å². The van der Waals surface area contributed by atoms with E-state index in [-0.39, 0.29) is 10.8 Å². The number of aromatic nitrogens is 6. The van der Waals surface area contributed by atoms with Crippen LogP contribution in [0.3, 0.4) is 0 Å². The Morgan fingerprint density at radius 2 is 1.64 bits per heavy atom. The van der Waals surface area contributed by atoms with Gasteiger partial charge in [-0.25, -0.2) is 9.67 Å². The van der Waals surface area contributed by atoms with E-state index in [4.69, 9.17) is 10.1 Å². The van der Waals surface area contributed by atoms with Gasteiger partial charge in [0.15, 0.2) is 5.65 Å². The van der Waals surface area contributed by atoms with Crippen molar-refractivity contribution in [1.29, 1.82) is 0 Å². The highest BCUT2D eigenvalue weighted by molar-refractivity contribution is 5.83.